The summed E-state index contributed by atoms with van der Waals surface area (Å²) in [6, 6.07) is 3.53. The number of halogens is 2. The quantitative estimate of drug-likeness (QED) is 0.763. The summed E-state index contributed by atoms with van der Waals surface area (Å²) in [5.41, 5.74) is -0.750. The molecule has 0 unspecified atom stereocenters. The monoisotopic (exact) mass is 213 g/mol. The zero-order valence-corrected chi connectivity index (χ0v) is 8.90. The van der Waals surface area contributed by atoms with Crippen molar-refractivity contribution >= 4 is 5.91 Å². The fraction of sp³-hybridized carbons (Fsp3) is 0.364. The van der Waals surface area contributed by atoms with Crippen LogP contribution in [0.4, 0.5) is 8.78 Å². The van der Waals surface area contributed by atoms with E-state index < -0.39 is 23.1 Å². The molecule has 1 N–H and O–H groups in total. The van der Waals surface area contributed by atoms with Gasteiger partial charge in [0.1, 0.15) is 0 Å². The van der Waals surface area contributed by atoms with Crippen LogP contribution in [-0.2, 0) is 0 Å². The van der Waals surface area contributed by atoms with Crippen LogP contribution in [0.3, 0.4) is 0 Å². The molecule has 0 aliphatic carbocycles. The molecule has 4 heteroatoms. The van der Waals surface area contributed by atoms with Gasteiger partial charge in [0.05, 0.1) is 5.56 Å². The Morgan fingerprint density at radius 3 is 2.40 bits per heavy atom. The lowest BCUT2D eigenvalue weighted by Gasteiger charge is -2.20. The van der Waals surface area contributed by atoms with E-state index in [1.807, 2.05) is 0 Å². The molecule has 1 amide bonds. The predicted molar refractivity (Wildman–Crippen MR) is 53.6 cm³/mol. The zero-order valence-electron chi connectivity index (χ0n) is 8.90. The van der Waals surface area contributed by atoms with Crippen LogP contribution in [-0.4, -0.2) is 11.4 Å². The average Bonchev–Trinajstić information content (AvgIpc) is 2.06. The number of carbonyl (C=O) groups excluding carboxylic acids is 1. The highest BCUT2D eigenvalue weighted by molar-refractivity contribution is 5.94. The van der Waals surface area contributed by atoms with Gasteiger partial charge in [0.2, 0.25) is 0 Å². The number of nitrogens with one attached hydrogen (secondary N) is 1. The summed E-state index contributed by atoms with van der Waals surface area (Å²) in [4.78, 5) is 11.5. The maximum absolute atomic E-state index is 13.2. The van der Waals surface area contributed by atoms with Gasteiger partial charge in [-0.25, -0.2) is 8.78 Å². The third-order valence-corrected chi connectivity index (χ3v) is 1.68. The van der Waals surface area contributed by atoms with Crippen molar-refractivity contribution in [2.45, 2.75) is 26.3 Å². The summed E-state index contributed by atoms with van der Waals surface area (Å²) < 4.78 is 26.0. The topological polar surface area (TPSA) is 29.1 Å². The van der Waals surface area contributed by atoms with E-state index in [-0.39, 0.29) is 5.56 Å². The van der Waals surface area contributed by atoms with Crippen LogP contribution >= 0.6 is 0 Å². The molecule has 2 nitrogen and oxygen atoms in total. The van der Waals surface area contributed by atoms with Gasteiger partial charge in [-0.3, -0.25) is 4.79 Å². The summed E-state index contributed by atoms with van der Waals surface area (Å²) in [6.07, 6.45) is 0. The number of carbonyl (C=O) groups is 1. The average molecular weight is 213 g/mol. The van der Waals surface area contributed by atoms with Crippen molar-refractivity contribution in [1.82, 2.24) is 5.32 Å². The first-order chi connectivity index (χ1) is 6.81. The predicted octanol–water partition coefficient (Wildman–Crippen LogP) is 2.49. The van der Waals surface area contributed by atoms with Crippen LogP contribution in [0.1, 0.15) is 31.1 Å². The highest BCUT2D eigenvalue weighted by atomic mass is 19.2. The first kappa shape index (κ1) is 11.6. The van der Waals surface area contributed by atoms with Gasteiger partial charge in [-0.1, -0.05) is 6.07 Å². The van der Waals surface area contributed by atoms with Crippen LogP contribution in [0.25, 0.3) is 0 Å². The van der Waals surface area contributed by atoms with Crippen LogP contribution in [0.15, 0.2) is 18.2 Å². The van der Waals surface area contributed by atoms with Gasteiger partial charge in [-0.05, 0) is 32.9 Å². The van der Waals surface area contributed by atoms with E-state index in [0.29, 0.717) is 0 Å². The van der Waals surface area contributed by atoms with Gasteiger partial charge in [-0.15, -0.1) is 0 Å². The van der Waals surface area contributed by atoms with Crippen LogP contribution in [0.5, 0.6) is 0 Å². The molecule has 0 aliphatic heterocycles. The Hall–Kier alpha value is -1.45. The lowest BCUT2D eigenvalue weighted by atomic mass is 10.1. The molecule has 82 valence electrons. The van der Waals surface area contributed by atoms with Crippen LogP contribution in [0.2, 0.25) is 0 Å². The fourth-order valence-electron chi connectivity index (χ4n) is 1.09. The fourth-order valence-corrected chi connectivity index (χ4v) is 1.09. The smallest absolute Gasteiger partial charge is 0.254 e. The molecule has 0 spiro atoms. The minimum absolute atomic E-state index is 0.273. The summed E-state index contributed by atoms with van der Waals surface area (Å²) in [5.74, 6) is -2.74. The molecule has 1 aromatic carbocycles. The molecule has 0 radical (unpaired) electrons. The highest BCUT2D eigenvalue weighted by Gasteiger charge is 2.19. The van der Waals surface area contributed by atoms with E-state index in [2.05, 4.69) is 5.32 Å². The lowest BCUT2D eigenvalue weighted by Crippen LogP contribution is -2.41. The molecule has 0 bridgehead atoms. The molecule has 0 saturated heterocycles. The third-order valence-electron chi connectivity index (χ3n) is 1.68. The van der Waals surface area contributed by atoms with E-state index in [1.165, 1.54) is 12.1 Å². The summed E-state index contributed by atoms with van der Waals surface area (Å²) in [6.45, 7) is 5.30. The molecule has 1 aromatic rings. The lowest BCUT2D eigenvalue weighted by molar-refractivity contribution is 0.0914. The number of amides is 1. The Morgan fingerprint density at radius 2 is 1.87 bits per heavy atom. The molecule has 0 aliphatic rings. The van der Waals surface area contributed by atoms with Gasteiger partial charge >= 0.3 is 0 Å². The van der Waals surface area contributed by atoms with E-state index in [1.54, 1.807) is 20.8 Å². The van der Waals surface area contributed by atoms with Crippen molar-refractivity contribution in [3.05, 3.63) is 35.4 Å². The van der Waals surface area contributed by atoms with Crippen molar-refractivity contribution in [3.8, 4) is 0 Å². The number of rotatable bonds is 1. The standard InChI is InChI=1S/C11H13F2NO/c1-11(2,3)14-10(15)7-5-4-6-8(12)9(7)13/h4-6H,1-3H3,(H,14,15). The molecular weight excluding hydrogens is 200 g/mol. The molecule has 0 saturated carbocycles. The minimum Gasteiger partial charge on any atom is -0.347 e. The van der Waals surface area contributed by atoms with Crippen LogP contribution < -0.4 is 5.32 Å². The second kappa shape index (κ2) is 3.96. The molecular formula is C11H13F2NO. The van der Waals surface area contributed by atoms with Gasteiger partial charge in [0.25, 0.3) is 5.91 Å². The largest absolute Gasteiger partial charge is 0.347 e. The van der Waals surface area contributed by atoms with Gasteiger partial charge in [0.15, 0.2) is 11.6 Å². The first-order valence-electron chi connectivity index (χ1n) is 4.58. The minimum atomic E-state index is -1.11. The van der Waals surface area contributed by atoms with Gasteiger partial charge in [0, 0.05) is 5.54 Å². The number of hydrogen-bond donors (Lipinski definition) is 1. The van der Waals surface area contributed by atoms with E-state index >= 15 is 0 Å². The first-order valence-corrected chi connectivity index (χ1v) is 4.58. The summed E-state index contributed by atoms with van der Waals surface area (Å²) in [7, 11) is 0. The maximum atomic E-state index is 13.2. The Morgan fingerprint density at radius 1 is 1.27 bits per heavy atom. The van der Waals surface area contributed by atoms with Gasteiger partial charge in [-0.2, -0.15) is 0 Å². The Labute approximate surface area is 87.3 Å². The second-order valence-electron chi connectivity index (χ2n) is 4.31. The maximum Gasteiger partial charge on any atom is 0.254 e. The Balaban J connectivity index is 2.97. The SMILES string of the molecule is CC(C)(C)NC(=O)c1cccc(F)c1F. The molecule has 0 aromatic heterocycles. The van der Waals surface area contributed by atoms with Crippen molar-refractivity contribution in [2.24, 2.45) is 0 Å². The normalized spacial score (nSPS) is 11.3. The highest BCUT2D eigenvalue weighted by Crippen LogP contribution is 2.12. The van der Waals surface area contributed by atoms with E-state index in [9.17, 15) is 13.6 Å². The summed E-state index contributed by atoms with van der Waals surface area (Å²) >= 11 is 0. The Kier molecular flexibility index (Phi) is 3.07. The van der Waals surface area contributed by atoms with Crippen molar-refractivity contribution in [3.63, 3.8) is 0 Å². The summed E-state index contributed by atoms with van der Waals surface area (Å²) in [5, 5.41) is 2.56. The molecule has 1 rings (SSSR count). The third kappa shape index (κ3) is 3.01. The number of hydrogen-bond acceptors (Lipinski definition) is 1. The van der Waals surface area contributed by atoms with E-state index in [0.717, 1.165) is 6.07 Å². The molecule has 0 heterocycles. The number of benzene rings is 1. The van der Waals surface area contributed by atoms with Crippen LogP contribution in [0, 0.1) is 11.6 Å². The van der Waals surface area contributed by atoms with Crippen molar-refractivity contribution < 1.29 is 13.6 Å². The van der Waals surface area contributed by atoms with Crippen molar-refractivity contribution in [2.75, 3.05) is 0 Å². The van der Waals surface area contributed by atoms with Crippen molar-refractivity contribution in [1.29, 1.82) is 0 Å². The molecule has 0 fully saturated rings. The molecule has 0 atom stereocenters. The second-order valence-corrected chi connectivity index (χ2v) is 4.31. The van der Waals surface area contributed by atoms with E-state index in [4.69, 9.17) is 0 Å². The zero-order chi connectivity index (χ0) is 11.6. The Bertz CT molecular complexity index is 383. The van der Waals surface area contributed by atoms with Gasteiger partial charge < -0.3 is 5.32 Å². The molecule has 15 heavy (non-hydrogen) atoms.